The smallest absolute Gasteiger partial charge is 0.313 e. The quantitative estimate of drug-likeness (QED) is 0.654. The molecule has 0 aliphatic carbocycles. The van der Waals surface area contributed by atoms with Crippen LogP contribution in [0.3, 0.4) is 0 Å². The van der Waals surface area contributed by atoms with Crippen molar-refractivity contribution in [3.8, 4) is 0 Å². The molecule has 2 amide bonds. The van der Waals surface area contributed by atoms with Crippen LogP contribution in [0.25, 0.3) is 0 Å². The molecule has 22 heavy (non-hydrogen) atoms. The first-order valence-electron chi connectivity index (χ1n) is 7.46. The summed E-state index contributed by atoms with van der Waals surface area (Å²) in [6, 6.07) is 7.37. The Balaban J connectivity index is 2.85. The van der Waals surface area contributed by atoms with Crippen LogP contribution in [0.2, 0.25) is 0 Å². The van der Waals surface area contributed by atoms with Crippen molar-refractivity contribution in [2.24, 2.45) is 0 Å². The summed E-state index contributed by atoms with van der Waals surface area (Å²) in [7, 11) is 0. The molecule has 0 aliphatic heterocycles. The summed E-state index contributed by atoms with van der Waals surface area (Å²) in [4.78, 5) is 25.3. The third-order valence-corrected chi connectivity index (χ3v) is 3.57. The van der Waals surface area contributed by atoms with E-state index in [1.807, 2.05) is 12.1 Å². The molecule has 0 heterocycles. The highest BCUT2D eigenvalue weighted by molar-refractivity contribution is 6.39. The monoisotopic (exact) mass is 308 g/mol. The van der Waals surface area contributed by atoms with Crippen LogP contribution in [0.5, 0.6) is 0 Å². The Kier molecular flexibility index (Phi) is 7.56. The van der Waals surface area contributed by atoms with E-state index < -0.39 is 11.8 Å². The maximum absolute atomic E-state index is 12.1. The Bertz CT molecular complexity index is 499. The Morgan fingerprint density at radius 1 is 1.18 bits per heavy atom. The summed E-state index contributed by atoms with van der Waals surface area (Å²) < 4.78 is 0. The fourth-order valence-electron chi connectivity index (χ4n) is 2.14. The summed E-state index contributed by atoms with van der Waals surface area (Å²) >= 11 is 0. The van der Waals surface area contributed by atoms with Crippen molar-refractivity contribution in [3.05, 3.63) is 29.8 Å². The minimum atomic E-state index is -0.766. The zero-order chi connectivity index (χ0) is 16.5. The van der Waals surface area contributed by atoms with Crippen LogP contribution in [0.1, 0.15) is 31.7 Å². The molecule has 3 N–H and O–H groups in total. The van der Waals surface area contributed by atoms with Crippen LogP contribution in [0.15, 0.2) is 24.3 Å². The van der Waals surface area contributed by atoms with Gasteiger partial charge in [0.1, 0.15) is 0 Å². The molecule has 0 aliphatic rings. The van der Waals surface area contributed by atoms with Crippen LogP contribution in [0, 0.1) is 0 Å². The lowest BCUT2D eigenvalue weighted by Gasteiger charge is -2.21. The molecule has 0 saturated carbocycles. The Hall–Kier alpha value is -1.92. The molecule has 0 fully saturated rings. The highest BCUT2D eigenvalue weighted by Gasteiger charge is 2.22. The van der Waals surface area contributed by atoms with Gasteiger partial charge in [0.05, 0.1) is 13.2 Å². The van der Waals surface area contributed by atoms with Gasteiger partial charge in [0.2, 0.25) is 0 Å². The van der Waals surface area contributed by atoms with Crippen molar-refractivity contribution in [2.75, 3.05) is 31.6 Å². The van der Waals surface area contributed by atoms with E-state index in [9.17, 15) is 9.59 Å². The lowest BCUT2D eigenvalue weighted by molar-refractivity contribution is -0.143. The average Bonchev–Trinajstić information content (AvgIpc) is 2.53. The maximum Gasteiger partial charge on any atom is 0.313 e. The van der Waals surface area contributed by atoms with E-state index in [-0.39, 0.29) is 32.2 Å². The number of nitrogens with zero attached hydrogens (tertiary/aromatic N) is 1. The number of rotatable bonds is 7. The number of para-hydroxylation sites is 1. The maximum atomic E-state index is 12.1. The molecule has 6 heteroatoms. The number of hydrogen-bond donors (Lipinski definition) is 3. The van der Waals surface area contributed by atoms with E-state index in [4.69, 9.17) is 10.2 Å². The number of carbonyl (C=O) groups excluding carboxylic acids is 2. The number of benzene rings is 1. The van der Waals surface area contributed by atoms with Crippen LogP contribution < -0.4 is 5.32 Å². The molecule has 1 unspecified atom stereocenters. The predicted octanol–water partition coefficient (Wildman–Crippen LogP) is 0.952. The van der Waals surface area contributed by atoms with Gasteiger partial charge in [0, 0.05) is 18.8 Å². The van der Waals surface area contributed by atoms with Gasteiger partial charge in [-0.25, -0.2) is 0 Å². The van der Waals surface area contributed by atoms with E-state index in [2.05, 4.69) is 19.2 Å². The average molecular weight is 308 g/mol. The van der Waals surface area contributed by atoms with Crippen LogP contribution in [-0.2, 0) is 9.59 Å². The zero-order valence-electron chi connectivity index (χ0n) is 13.1. The lowest BCUT2D eigenvalue weighted by Crippen LogP contribution is -2.42. The normalized spacial score (nSPS) is 11.8. The van der Waals surface area contributed by atoms with Crippen molar-refractivity contribution in [3.63, 3.8) is 0 Å². The molecular weight excluding hydrogens is 284 g/mol. The first-order valence-corrected chi connectivity index (χ1v) is 7.46. The molecular formula is C16H24N2O4. The molecule has 122 valence electrons. The highest BCUT2D eigenvalue weighted by Crippen LogP contribution is 2.26. The van der Waals surface area contributed by atoms with Crippen LogP contribution in [0.4, 0.5) is 5.69 Å². The molecule has 0 spiro atoms. The molecule has 1 aromatic carbocycles. The molecule has 1 aromatic rings. The van der Waals surface area contributed by atoms with Crippen molar-refractivity contribution in [2.45, 2.75) is 26.2 Å². The van der Waals surface area contributed by atoms with Crippen molar-refractivity contribution in [1.82, 2.24) is 4.90 Å². The number of anilines is 1. The summed E-state index contributed by atoms with van der Waals surface area (Å²) in [5, 5.41) is 20.5. The lowest BCUT2D eigenvalue weighted by atomic mass is 9.97. The van der Waals surface area contributed by atoms with E-state index >= 15 is 0 Å². The first kappa shape index (κ1) is 18.1. The second-order valence-electron chi connectivity index (χ2n) is 5.09. The van der Waals surface area contributed by atoms with Gasteiger partial charge in [-0.3, -0.25) is 9.59 Å². The van der Waals surface area contributed by atoms with E-state index in [0.717, 1.165) is 16.9 Å². The van der Waals surface area contributed by atoms with Gasteiger partial charge in [0.25, 0.3) is 0 Å². The molecule has 0 bridgehead atoms. The number of aliphatic hydroxyl groups is 2. The van der Waals surface area contributed by atoms with Gasteiger partial charge < -0.3 is 20.4 Å². The topological polar surface area (TPSA) is 89.9 Å². The number of hydrogen-bond acceptors (Lipinski definition) is 4. The van der Waals surface area contributed by atoms with E-state index in [0.29, 0.717) is 5.69 Å². The second kappa shape index (κ2) is 9.17. The minimum Gasteiger partial charge on any atom is -0.395 e. The van der Waals surface area contributed by atoms with Gasteiger partial charge in [-0.05, 0) is 24.0 Å². The van der Waals surface area contributed by atoms with Crippen LogP contribution >= 0.6 is 0 Å². The highest BCUT2D eigenvalue weighted by atomic mass is 16.3. The number of carbonyl (C=O) groups is 2. The largest absolute Gasteiger partial charge is 0.395 e. The number of amides is 2. The Labute approximate surface area is 130 Å². The molecule has 0 aromatic heterocycles. The molecule has 0 radical (unpaired) electrons. The summed E-state index contributed by atoms with van der Waals surface area (Å²) in [5.74, 6) is -1.27. The number of nitrogens with one attached hydrogen (secondary N) is 1. The van der Waals surface area contributed by atoms with Gasteiger partial charge in [0.15, 0.2) is 0 Å². The molecule has 0 saturated heterocycles. The molecule has 6 nitrogen and oxygen atoms in total. The standard InChI is InChI=1S/C16H24N2O4/c1-3-12(2)13-6-4-5-7-14(13)17-15(21)16(22)18(8-10-19)9-11-20/h4-7,12,19-20H,3,8-11H2,1-2H3,(H,17,21). The zero-order valence-corrected chi connectivity index (χ0v) is 13.1. The first-order chi connectivity index (χ1) is 10.5. The molecule has 1 rings (SSSR count). The van der Waals surface area contributed by atoms with E-state index in [1.54, 1.807) is 12.1 Å². The summed E-state index contributed by atoms with van der Waals surface area (Å²) in [5.41, 5.74) is 1.59. The fraction of sp³-hybridized carbons (Fsp3) is 0.500. The van der Waals surface area contributed by atoms with Gasteiger partial charge >= 0.3 is 11.8 Å². The SMILES string of the molecule is CCC(C)c1ccccc1NC(=O)C(=O)N(CCO)CCO. The molecule has 1 atom stereocenters. The third kappa shape index (κ3) is 4.82. The van der Waals surface area contributed by atoms with E-state index in [1.165, 1.54) is 0 Å². The van der Waals surface area contributed by atoms with Crippen molar-refractivity contribution >= 4 is 17.5 Å². The van der Waals surface area contributed by atoms with Gasteiger partial charge in [-0.15, -0.1) is 0 Å². The third-order valence-electron chi connectivity index (χ3n) is 3.57. The second-order valence-corrected chi connectivity index (χ2v) is 5.09. The van der Waals surface area contributed by atoms with Crippen molar-refractivity contribution < 1.29 is 19.8 Å². The fourth-order valence-corrected chi connectivity index (χ4v) is 2.14. The Morgan fingerprint density at radius 2 is 1.77 bits per heavy atom. The minimum absolute atomic E-state index is 0.0137. The van der Waals surface area contributed by atoms with Gasteiger partial charge in [-0.2, -0.15) is 0 Å². The van der Waals surface area contributed by atoms with Crippen LogP contribution in [-0.4, -0.2) is 53.2 Å². The Morgan fingerprint density at radius 3 is 2.32 bits per heavy atom. The predicted molar refractivity (Wildman–Crippen MR) is 84.5 cm³/mol. The van der Waals surface area contributed by atoms with Gasteiger partial charge in [-0.1, -0.05) is 32.0 Å². The summed E-state index contributed by atoms with van der Waals surface area (Å²) in [6.07, 6.45) is 0.919. The number of aliphatic hydroxyl groups excluding tert-OH is 2. The summed E-state index contributed by atoms with van der Waals surface area (Å²) in [6.45, 7) is 3.61. The van der Waals surface area contributed by atoms with Crippen molar-refractivity contribution in [1.29, 1.82) is 0 Å².